The smallest absolute Gasteiger partial charge is 0.464 e. The van der Waals surface area contributed by atoms with Crippen molar-refractivity contribution in [3.8, 4) is 0 Å². The Balaban J connectivity index is 0.00000289. The molecule has 0 amide bonds. The molecule has 1 aromatic heterocycles. The molecule has 1 saturated carbocycles. The topological polar surface area (TPSA) is 124 Å². The van der Waals surface area contributed by atoms with Gasteiger partial charge in [-0.25, -0.2) is 0 Å². The molecule has 2 heterocycles. The van der Waals surface area contributed by atoms with Gasteiger partial charge in [0.25, 0.3) is 0 Å². The van der Waals surface area contributed by atoms with Crippen LogP contribution in [0.2, 0.25) is 0 Å². The van der Waals surface area contributed by atoms with Crippen LogP contribution in [0.4, 0.5) is 0 Å². The molecule has 1 aromatic carbocycles. The largest absolute Gasteiger partial charge is 0.471 e. The third kappa shape index (κ3) is 5.65. The lowest BCUT2D eigenvalue weighted by Gasteiger charge is -2.38. The molecule has 12 heteroatoms. The number of nitrogens with zero attached hydrogens (tertiary/aromatic N) is 2. The first-order valence-electron chi connectivity index (χ1n) is 10.7. The van der Waals surface area contributed by atoms with E-state index >= 15 is 0 Å². The van der Waals surface area contributed by atoms with Gasteiger partial charge < -0.3 is 19.2 Å². The first-order valence-corrected chi connectivity index (χ1v) is 12.1. The van der Waals surface area contributed by atoms with Crippen LogP contribution in [0.3, 0.4) is 0 Å². The molecule has 2 aromatic rings. The predicted octanol–water partition coefficient (Wildman–Crippen LogP) is 1.38. The first-order chi connectivity index (χ1) is 14.8. The Morgan fingerprint density at radius 1 is 1.19 bits per heavy atom. The molecule has 178 valence electrons. The van der Waals surface area contributed by atoms with Gasteiger partial charge in [-0.05, 0) is 36.8 Å². The molecule has 2 aliphatic rings. The molecule has 1 aliphatic carbocycles. The summed E-state index contributed by atoms with van der Waals surface area (Å²) in [7, 11) is -6.63. The highest BCUT2D eigenvalue weighted by Crippen LogP contribution is 2.33. The van der Waals surface area contributed by atoms with Gasteiger partial charge in [-0.3, -0.25) is 9.45 Å². The molecular weight excluding hydrogens is 459 g/mol. The van der Waals surface area contributed by atoms with Gasteiger partial charge in [-0.1, -0.05) is 24.6 Å². The van der Waals surface area contributed by atoms with Crippen molar-refractivity contribution in [3.63, 3.8) is 0 Å². The van der Waals surface area contributed by atoms with E-state index in [1.165, 1.54) is 6.26 Å². The number of morpholine rings is 1. The molecule has 4 rings (SSSR count). The van der Waals surface area contributed by atoms with Gasteiger partial charge in [0.1, 0.15) is 5.58 Å². The standard InChI is InChI=1S/C20H29BN2O7S.ClH/c24-21(25)20(12-16-14-30-19-7-2-1-5-17(16)19)23(31(26,27)28)13-15-4-3-6-18(15)22-8-10-29-11-9-22;/h1-2,5,7,14-15,18,20,24-25H,3-4,6,8-13H2,(H,26,27,28);1H/t15?,18?,20-;/m0./s1. The van der Waals surface area contributed by atoms with E-state index in [2.05, 4.69) is 4.90 Å². The third-order valence-corrected chi connectivity index (χ3v) is 7.56. The summed E-state index contributed by atoms with van der Waals surface area (Å²) in [6, 6.07) is 7.45. The van der Waals surface area contributed by atoms with Crippen molar-refractivity contribution in [2.45, 2.75) is 37.7 Å². The zero-order valence-corrected chi connectivity index (χ0v) is 19.4. The van der Waals surface area contributed by atoms with E-state index in [0.717, 1.165) is 42.0 Å². The first kappa shape index (κ1) is 25.4. The second kappa shape index (κ2) is 10.8. The Morgan fingerprint density at radius 2 is 1.91 bits per heavy atom. The van der Waals surface area contributed by atoms with Crippen LogP contribution in [-0.4, -0.2) is 84.2 Å². The van der Waals surface area contributed by atoms with E-state index in [4.69, 9.17) is 9.15 Å². The number of ether oxygens (including phenoxy) is 1. The number of benzene rings is 1. The van der Waals surface area contributed by atoms with Crippen molar-refractivity contribution in [1.29, 1.82) is 0 Å². The predicted molar refractivity (Wildman–Crippen MR) is 123 cm³/mol. The number of hydrogen-bond donors (Lipinski definition) is 3. The quantitative estimate of drug-likeness (QED) is 0.376. The Hall–Kier alpha value is -1.18. The van der Waals surface area contributed by atoms with Crippen LogP contribution in [0.5, 0.6) is 0 Å². The van der Waals surface area contributed by atoms with Crippen molar-refractivity contribution in [2.24, 2.45) is 5.92 Å². The zero-order valence-electron chi connectivity index (χ0n) is 17.7. The molecule has 0 spiro atoms. The van der Waals surface area contributed by atoms with E-state index in [-0.39, 0.29) is 37.3 Å². The van der Waals surface area contributed by atoms with Crippen LogP contribution in [-0.2, 0) is 21.5 Å². The number of furan rings is 1. The fraction of sp³-hybridized carbons (Fsp3) is 0.600. The van der Waals surface area contributed by atoms with Gasteiger partial charge in [0, 0.05) is 31.1 Å². The average Bonchev–Trinajstić information content (AvgIpc) is 3.37. The zero-order chi connectivity index (χ0) is 22.0. The van der Waals surface area contributed by atoms with E-state index in [1.54, 1.807) is 6.07 Å². The Labute approximate surface area is 194 Å². The van der Waals surface area contributed by atoms with Crippen molar-refractivity contribution < 1.29 is 32.2 Å². The monoisotopic (exact) mass is 488 g/mol. The minimum Gasteiger partial charge on any atom is -0.464 e. The fourth-order valence-corrected chi connectivity index (χ4v) is 5.93. The summed E-state index contributed by atoms with van der Waals surface area (Å²) in [5.41, 5.74) is 1.28. The molecule has 3 atom stereocenters. The van der Waals surface area contributed by atoms with E-state index in [0.29, 0.717) is 24.4 Å². The summed E-state index contributed by atoms with van der Waals surface area (Å²) in [4.78, 5) is 2.32. The Kier molecular flexibility index (Phi) is 8.62. The van der Waals surface area contributed by atoms with Crippen LogP contribution in [0.15, 0.2) is 34.9 Å². The number of halogens is 1. The van der Waals surface area contributed by atoms with Crippen molar-refractivity contribution in [3.05, 3.63) is 36.1 Å². The van der Waals surface area contributed by atoms with Gasteiger partial charge >= 0.3 is 17.4 Å². The van der Waals surface area contributed by atoms with Crippen molar-refractivity contribution in [2.75, 3.05) is 32.8 Å². The molecule has 0 radical (unpaired) electrons. The van der Waals surface area contributed by atoms with Gasteiger partial charge in [-0.2, -0.15) is 12.7 Å². The maximum absolute atomic E-state index is 12.3. The normalized spacial score (nSPS) is 23.4. The molecule has 9 nitrogen and oxygen atoms in total. The molecule has 32 heavy (non-hydrogen) atoms. The molecule has 1 saturated heterocycles. The number of hydrogen-bond acceptors (Lipinski definition) is 7. The minimum absolute atomic E-state index is 0. The third-order valence-electron chi connectivity index (χ3n) is 6.55. The number of rotatable bonds is 8. The lowest BCUT2D eigenvalue weighted by Crippen LogP contribution is -2.54. The maximum Gasteiger partial charge on any atom is 0.471 e. The van der Waals surface area contributed by atoms with Crippen LogP contribution in [0, 0.1) is 5.92 Å². The van der Waals surface area contributed by atoms with Crippen LogP contribution in [0.1, 0.15) is 24.8 Å². The minimum atomic E-state index is -4.67. The van der Waals surface area contributed by atoms with Crippen LogP contribution < -0.4 is 0 Å². The highest BCUT2D eigenvalue weighted by atomic mass is 35.5. The SMILES string of the molecule is Cl.O=S(=O)(O)N(CC1CCCC1N1CCOCC1)[C@@H](Cc1coc2ccccc12)B(O)O. The highest BCUT2D eigenvalue weighted by Gasteiger charge is 2.42. The summed E-state index contributed by atoms with van der Waals surface area (Å²) >= 11 is 0. The van der Waals surface area contributed by atoms with Gasteiger partial charge in [0.15, 0.2) is 0 Å². The lowest BCUT2D eigenvalue weighted by atomic mass is 9.75. The number of para-hydroxylation sites is 1. The molecule has 0 bridgehead atoms. The molecule has 2 fully saturated rings. The average molecular weight is 489 g/mol. The van der Waals surface area contributed by atoms with E-state index < -0.39 is 23.4 Å². The summed E-state index contributed by atoms with van der Waals surface area (Å²) in [5, 5.41) is 20.9. The number of fused-ring (bicyclic) bond motifs is 1. The van der Waals surface area contributed by atoms with Crippen molar-refractivity contribution in [1.82, 2.24) is 9.21 Å². The summed E-state index contributed by atoms with van der Waals surface area (Å²) < 4.78 is 46.5. The maximum atomic E-state index is 12.3. The van der Waals surface area contributed by atoms with E-state index in [9.17, 15) is 23.0 Å². The van der Waals surface area contributed by atoms with Crippen LogP contribution >= 0.6 is 12.4 Å². The molecule has 1 aliphatic heterocycles. The molecular formula is C20H30BClN2O7S. The second-order valence-corrected chi connectivity index (χ2v) is 9.76. The summed E-state index contributed by atoms with van der Waals surface area (Å²) in [6.07, 6.45) is 4.22. The Morgan fingerprint density at radius 3 is 2.59 bits per heavy atom. The lowest BCUT2D eigenvalue weighted by molar-refractivity contribution is 0.00600. The van der Waals surface area contributed by atoms with Gasteiger partial charge in [-0.15, -0.1) is 12.4 Å². The summed E-state index contributed by atoms with van der Waals surface area (Å²) in [5.74, 6) is -1.25. The van der Waals surface area contributed by atoms with Crippen molar-refractivity contribution >= 4 is 40.8 Å². The van der Waals surface area contributed by atoms with Crippen LogP contribution in [0.25, 0.3) is 11.0 Å². The molecule has 3 N–H and O–H groups in total. The molecule has 2 unspecified atom stereocenters. The van der Waals surface area contributed by atoms with Gasteiger partial charge in [0.2, 0.25) is 0 Å². The Bertz CT molecular complexity index is 983. The highest BCUT2D eigenvalue weighted by molar-refractivity contribution is 7.83. The summed E-state index contributed by atoms with van der Waals surface area (Å²) in [6.45, 7) is 2.91. The van der Waals surface area contributed by atoms with Gasteiger partial charge in [0.05, 0.1) is 25.4 Å². The second-order valence-electron chi connectivity index (χ2n) is 8.40. The van der Waals surface area contributed by atoms with E-state index in [1.807, 2.05) is 18.2 Å². The fourth-order valence-electron chi connectivity index (χ4n) is 5.02.